The van der Waals surface area contributed by atoms with Gasteiger partial charge in [-0.3, -0.25) is 4.68 Å². The van der Waals surface area contributed by atoms with Crippen molar-refractivity contribution in [3.05, 3.63) is 15.9 Å². The van der Waals surface area contributed by atoms with Crippen LogP contribution in [-0.4, -0.2) is 15.8 Å². The van der Waals surface area contributed by atoms with Gasteiger partial charge in [0.1, 0.15) is 0 Å². The molecule has 1 saturated carbocycles. The van der Waals surface area contributed by atoms with Gasteiger partial charge in [-0.15, -0.1) is 0 Å². The van der Waals surface area contributed by atoms with Gasteiger partial charge in [0.2, 0.25) is 0 Å². The van der Waals surface area contributed by atoms with Crippen LogP contribution >= 0.6 is 15.9 Å². The molecule has 2 N–H and O–H groups in total. The highest BCUT2D eigenvalue weighted by Gasteiger charge is 2.34. The maximum Gasteiger partial charge on any atom is 0.0766 e. The highest BCUT2D eigenvalue weighted by Crippen LogP contribution is 2.40. The summed E-state index contributed by atoms with van der Waals surface area (Å²) in [6, 6.07) is 0.334. The summed E-state index contributed by atoms with van der Waals surface area (Å²) in [6.07, 6.45) is 5.64. The van der Waals surface area contributed by atoms with Crippen molar-refractivity contribution in [1.82, 2.24) is 9.78 Å². The zero-order chi connectivity index (χ0) is 14.9. The lowest BCUT2D eigenvalue weighted by Crippen LogP contribution is -2.40. The van der Waals surface area contributed by atoms with E-state index in [-0.39, 0.29) is 0 Å². The molecule has 0 bridgehead atoms. The molecular weight excluding hydrogens is 314 g/mol. The zero-order valence-corrected chi connectivity index (χ0v) is 14.8. The predicted octanol–water partition coefficient (Wildman–Crippen LogP) is 3.92. The van der Waals surface area contributed by atoms with Crippen molar-refractivity contribution >= 4 is 15.9 Å². The number of hydrogen-bond donors (Lipinski definition) is 1. The van der Waals surface area contributed by atoms with Gasteiger partial charge in [0.05, 0.1) is 15.9 Å². The molecule has 0 amide bonds. The maximum absolute atomic E-state index is 6.38. The van der Waals surface area contributed by atoms with E-state index in [1.54, 1.807) is 0 Å². The molecule has 1 heterocycles. The number of aromatic nitrogens is 2. The van der Waals surface area contributed by atoms with Crippen molar-refractivity contribution in [3.8, 4) is 0 Å². The summed E-state index contributed by atoms with van der Waals surface area (Å²) in [6.45, 7) is 9.99. The Morgan fingerprint density at radius 1 is 1.40 bits per heavy atom. The van der Waals surface area contributed by atoms with Gasteiger partial charge in [-0.2, -0.15) is 5.10 Å². The van der Waals surface area contributed by atoms with Crippen molar-refractivity contribution in [2.45, 2.75) is 72.4 Å². The lowest BCUT2D eigenvalue weighted by atomic mass is 9.69. The Kier molecular flexibility index (Phi) is 4.96. The SMILES string of the molecule is CCc1nn(CC)c(CC2CC(C)(C)CCC2N)c1Br. The molecule has 2 atom stereocenters. The average molecular weight is 342 g/mol. The van der Waals surface area contributed by atoms with Crippen LogP contribution in [0.5, 0.6) is 0 Å². The Morgan fingerprint density at radius 3 is 2.70 bits per heavy atom. The van der Waals surface area contributed by atoms with Gasteiger partial charge in [0, 0.05) is 12.6 Å². The zero-order valence-electron chi connectivity index (χ0n) is 13.2. The minimum Gasteiger partial charge on any atom is -0.327 e. The van der Waals surface area contributed by atoms with Crippen molar-refractivity contribution in [2.75, 3.05) is 0 Å². The van der Waals surface area contributed by atoms with E-state index >= 15 is 0 Å². The molecule has 0 radical (unpaired) electrons. The first-order chi connectivity index (χ1) is 9.38. The van der Waals surface area contributed by atoms with E-state index in [4.69, 9.17) is 10.8 Å². The summed E-state index contributed by atoms with van der Waals surface area (Å²) in [5, 5.41) is 4.70. The van der Waals surface area contributed by atoms with Crippen LogP contribution in [0.15, 0.2) is 4.47 Å². The largest absolute Gasteiger partial charge is 0.327 e. The fraction of sp³-hybridized carbons (Fsp3) is 0.812. The molecule has 2 rings (SSSR count). The Labute approximate surface area is 131 Å². The number of halogens is 1. The number of nitrogens with zero attached hydrogens (tertiary/aromatic N) is 2. The standard InChI is InChI=1S/C16H28BrN3/c1-5-13-15(17)14(20(6-2)19-13)9-11-10-16(3,4)8-7-12(11)18/h11-12H,5-10,18H2,1-4H3. The Morgan fingerprint density at radius 2 is 2.10 bits per heavy atom. The van der Waals surface area contributed by atoms with Crippen LogP contribution in [0.4, 0.5) is 0 Å². The van der Waals surface area contributed by atoms with Gasteiger partial charge in [-0.25, -0.2) is 0 Å². The lowest BCUT2D eigenvalue weighted by molar-refractivity contribution is 0.155. The average Bonchev–Trinajstić information content (AvgIpc) is 2.70. The van der Waals surface area contributed by atoms with Crippen molar-refractivity contribution in [2.24, 2.45) is 17.1 Å². The first-order valence-corrected chi connectivity index (χ1v) is 8.67. The molecule has 1 aliphatic rings. The van der Waals surface area contributed by atoms with Gasteiger partial charge in [-0.1, -0.05) is 20.8 Å². The molecule has 1 aromatic heterocycles. The molecular formula is C16H28BrN3. The van der Waals surface area contributed by atoms with E-state index in [9.17, 15) is 0 Å². The summed E-state index contributed by atoms with van der Waals surface area (Å²) in [7, 11) is 0. The molecule has 1 aromatic rings. The van der Waals surface area contributed by atoms with Crippen molar-refractivity contribution in [3.63, 3.8) is 0 Å². The fourth-order valence-electron chi connectivity index (χ4n) is 3.44. The number of aryl methyl sites for hydroxylation is 2. The smallest absolute Gasteiger partial charge is 0.0766 e. The summed E-state index contributed by atoms with van der Waals surface area (Å²) in [5.74, 6) is 0.571. The molecule has 2 unspecified atom stereocenters. The monoisotopic (exact) mass is 341 g/mol. The normalized spacial score (nSPS) is 25.9. The second-order valence-electron chi connectivity index (χ2n) is 6.91. The van der Waals surface area contributed by atoms with Crippen LogP contribution in [0, 0.1) is 11.3 Å². The Hall–Kier alpha value is -0.350. The summed E-state index contributed by atoms with van der Waals surface area (Å²) in [5.41, 5.74) is 9.32. The summed E-state index contributed by atoms with van der Waals surface area (Å²) in [4.78, 5) is 0. The third-order valence-electron chi connectivity index (χ3n) is 4.72. The number of rotatable bonds is 4. The Balaban J connectivity index is 2.22. The third-order valence-corrected chi connectivity index (χ3v) is 5.64. The second-order valence-corrected chi connectivity index (χ2v) is 7.70. The van der Waals surface area contributed by atoms with Crippen LogP contribution < -0.4 is 5.73 Å². The topological polar surface area (TPSA) is 43.8 Å². The molecule has 20 heavy (non-hydrogen) atoms. The fourth-order valence-corrected chi connectivity index (χ4v) is 4.17. The molecule has 1 aliphatic carbocycles. The molecule has 0 aromatic carbocycles. The van der Waals surface area contributed by atoms with Crippen molar-refractivity contribution < 1.29 is 0 Å². The number of nitrogens with two attached hydrogens (primary N) is 1. The minimum atomic E-state index is 0.334. The lowest BCUT2D eigenvalue weighted by Gasteiger charge is -2.39. The van der Waals surface area contributed by atoms with Gasteiger partial charge in [0.15, 0.2) is 0 Å². The van der Waals surface area contributed by atoms with E-state index in [2.05, 4.69) is 48.3 Å². The van der Waals surface area contributed by atoms with Gasteiger partial charge in [-0.05, 0) is 66.3 Å². The summed E-state index contributed by atoms with van der Waals surface area (Å²) < 4.78 is 3.36. The van der Waals surface area contributed by atoms with Gasteiger partial charge >= 0.3 is 0 Å². The Bertz CT molecular complexity index is 465. The molecule has 1 fully saturated rings. The molecule has 114 valence electrons. The maximum atomic E-state index is 6.38. The van der Waals surface area contributed by atoms with E-state index in [0.29, 0.717) is 17.4 Å². The van der Waals surface area contributed by atoms with Crippen LogP contribution in [0.3, 0.4) is 0 Å². The minimum absolute atomic E-state index is 0.334. The van der Waals surface area contributed by atoms with Crippen LogP contribution in [0.2, 0.25) is 0 Å². The quantitative estimate of drug-likeness (QED) is 0.901. The van der Waals surface area contributed by atoms with Crippen LogP contribution in [0.25, 0.3) is 0 Å². The highest BCUT2D eigenvalue weighted by molar-refractivity contribution is 9.10. The first-order valence-electron chi connectivity index (χ1n) is 7.87. The van der Waals surface area contributed by atoms with E-state index < -0.39 is 0 Å². The molecule has 0 saturated heterocycles. The summed E-state index contributed by atoms with van der Waals surface area (Å²) >= 11 is 3.75. The van der Waals surface area contributed by atoms with Gasteiger partial charge in [0.25, 0.3) is 0 Å². The molecule has 4 heteroatoms. The predicted molar refractivity (Wildman–Crippen MR) is 87.8 cm³/mol. The van der Waals surface area contributed by atoms with Crippen LogP contribution in [0.1, 0.15) is 58.3 Å². The van der Waals surface area contributed by atoms with E-state index in [1.807, 2.05) is 0 Å². The molecule has 0 aliphatic heterocycles. The highest BCUT2D eigenvalue weighted by atomic mass is 79.9. The first kappa shape index (κ1) is 16.0. The molecule has 3 nitrogen and oxygen atoms in total. The van der Waals surface area contributed by atoms with E-state index in [1.165, 1.54) is 28.7 Å². The van der Waals surface area contributed by atoms with Gasteiger partial charge < -0.3 is 5.73 Å². The van der Waals surface area contributed by atoms with Crippen molar-refractivity contribution in [1.29, 1.82) is 0 Å². The number of hydrogen-bond acceptors (Lipinski definition) is 2. The van der Waals surface area contributed by atoms with Crippen LogP contribution in [-0.2, 0) is 19.4 Å². The third kappa shape index (κ3) is 3.28. The van der Waals surface area contributed by atoms with E-state index in [0.717, 1.165) is 25.8 Å². The second kappa shape index (κ2) is 6.18. The molecule has 0 spiro atoms.